The van der Waals surface area contributed by atoms with Gasteiger partial charge in [0.1, 0.15) is 5.54 Å². The molecule has 1 atom stereocenters. The lowest BCUT2D eigenvalue weighted by atomic mass is 9.82. The van der Waals surface area contributed by atoms with Gasteiger partial charge in [-0.2, -0.15) is 0 Å². The number of nitrogens with one attached hydrogen (secondary N) is 1. The van der Waals surface area contributed by atoms with E-state index in [0.29, 0.717) is 54.5 Å². The van der Waals surface area contributed by atoms with Gasteiger partial charge in [0.2, 0.25) is 11.8 Å². The summed E-state index contributed by atoms with van der Waals surface area (Å²) in [5, 5.41) is 4.00. The highest BCUT2D eigenvalue weighted by Crippen LogP contribution is 2.34. The number of carbonyl (C=O) groups excluding carboxylic acids is 3. The number of carbonyl (C=O) groups is 3. The maximum atomic E-state index is 13.3. The van der Waals surface area contributed by atoms with Crippen molar-refractivity contribution in [3.63, 3.8) is 0 Å². The quantitative estimate of drug-likeness (QED) is 0.414. The second-order valence-electron chi connectivity index (χ2n) is 10.9. The van der Waals surface area contributed by atoms with E-state index < -0.39 is 5.54 Å². The summed E-state index contributed by atoms with van der Waals surface area (Å²) in [6, 6.07) is 15.0. The third-order valence-electron chi connectivity index (χ3n) is 8.35. The molecular weight excluding hydrogens is 547 g/mol. The van der Waals surface area contributed by atoms with Crippen molar-refractivity contribution < 1.29 is 14.4 Å². The molecule has 2 aromatic rings. The van der Waals surface area contributed by atoms with Gasteiger partial charge in [-0.1, -0.05) is 47.5 Å². The molecule has 1 N–H and O–H groups in total. The number of hydrogen-bond donors (Lipinski definition) is 1. The summed E-state index contributed by atoms with van der Waals surface area (Å²) in [4.78, 5) is 45.3. The normalized spacial score (nSPS) is 18.3. The van der Waals surface area contributed by atoms with Gasteiger partial charge in [-0.15, -0.1) is 0 Å². The van der Waals surface area contributed by atoms with Gasteiger partial charge in [0.15, 0.2) is 0 Å². The van der Waals surface area contributed by atoms with Gasteiger partial charge >= 0.3 is 0 Å². The monoisotopic (exact) mass is 586 g/mol. The van der Waals surface area contributed by atoms with E-state index in [1.54, 1.807) is 4.90 Å². The first-order chi connectivity index (χ1) is 19.2. The number of benzene rings is 2. The highest BCUT2D eigenvalue weighted by molar-refractivity contribution is 6.42. The molecule has 0 unspecified atom stereocenters. The Morgan fingerprint density at radius 3 is 2.40 bits per heavy atom. The second-order valence-corrected chi connectivity index (χ2v) is 11.8. The molecule has 4 rings (SSSR count). The van der Waals surface area contributed by atoms with Crippen molar-refractivity contribution in [2.45, 2.75) is 56.9 Å². The Bertz CT molecular complexity index is 1180. The third kappa shape index (κ3) is 6.99. The molecule has 3 amide bonds. The number of rotatable bonds is 10. The molecule has 0 aromatic heterocycles. The molecule has 2 heterocycles. The van der Waals surface area contributed by atoms with Gasteiger partial charge in [0.25, 0.3) is 5.91 Å². The number of halogens is 2. The SMILES string of the molecule is CCNC(=O)C1(N2CCCCC2=O)CCN(CC[C@H](CN(C)C(=O)c2ccccc2)c2ccc(Cl)c(Cl)c2)CC1. The van der Waals surface area contributed by atoms with Crippen LogP contribution in [0.25, 0.3) is 0 Å². The van der Waals surface area contributed by atoms with Crippen LogP contribution in [0.2, 0.25) is 10.0 Å². The molecule has 2 saturated heterocycles. The zero-order valence-electron chi connectivity index (χ0n) is 23.5. The standard InChI is InChI=1S/C31H40Cl2N4O3/c1-3-34-30(40)31(37-17-8-7-11-28(37)38)15-19-36(20-16-31)18-14-25(24-12-13-26(32)27(33)21-24)22-35(2)29(39)23-9-5-4-6-10-23/h4-6,9-10,12-13,21,25H,3,7-8,11,14-20,22H2,1-2H3,(H,34,40)/t25-/m1/s1. The summed E-state index contributed by atoms with van der Waals surface area (Å²) >= 11 is 12.6. The summed E-state index contributed by atoms with van der Waals surface area (Å²) < 4.78 is 0. The summed E-state index contributed by atoms with van der Waals surface area (Å²) in [6.07, 6.45) is 4.40. The largest absolute Gasteiger partial charge is 0.354 e. The third-order valence-corrected chi connectivity index (χ3v) is 9.09. The molecule has 7 nitrogen and oxygen atoms in total. The lowest BCUT2D eigenvalue weighted by molar-refractivity contribution is -0.153. The molecule has 0 aliphatic carbocycles. The topological polar surface area (TPSA) is 73.0 Å². The fraction of sp³-hybridized carbons (Fsp3) is 0.516. The van der Waals surface area contributed by atoms with Gasteiger partial charge in [-0.25, -0.2) is 0 Å². The molecule has 9 heteroatoms. The van der Waals surface area contributed by atoms with Crippen LogP contribution >= 0.6 is 23.2 Å². The van der Waals surface area contributed by atoms with Crippen LogP contribution in [0, 0.1) is 0 Å². The Kier molecular flexibility index (Phi) is 10.5. The minimum absolute atomic E-state index is 0.0263. The van der Waals surface area contributed by atoms with Gasteiger partial charge in [-0.3, -0.25) is 14.4 Å². The van der Waals surface area contributed by atoms with E-state index in [0.717, 1.165) is 44.5 Å². The number of nitrogens with zero attached hydrogens (tertiary/aromatic N) is 3. The van der Waals surface area contributed by atoms with Crippen LogP contribution in [0.3, 0.4) is 0 Å². The smallest absolute Gasteiger partial charge is 0.253 e. The Balaban J connectivity index is 1.45. The van der Waals surface area contributed by atoms with E-state index in [1.807, 2.05) is 67.4 Å². The maximum absolute atomic E-state index is 13.3. The predicted octanol–water partition coefficient (Wildman–Crippen LogP) is 5.22. The highest BCUT2D eigenvalue weighted by Gasteiger charge is 2.48. The van der Waals surface area contributed by atoms with Crippen LogP contribution in [-0.2, 0) is 9.59 Å². The van der Waals surface area contributed by atoms with E-state index in [1.165, 1.54) is 0 Å². The van der Waals surface area contributed by atoms with Crippen LogP contribution in [0.4, 0.5) is 0 Å². The summed E-state index contributed by atoms with van der Waals surface area (Å²) in [7, 11) is 1.83. The van der Waals surface area contributed by atoms with E-state index >= 15 is 0 Å². The Hall–Kier alpha value is -2.61. The molecule has 0 radical (unpaired) electrons. The van der Waals surface area contributed by atoms with Crippen LogP contribution in [-0.4, -0.2) is 84.3 Å². The molecule has 2 aliphatic heterocycles. The average molecular weight is 588 g/mol. The van der Waals surface area contributed by atoms with E-state index in [2.05, 4.69) is 10.2 Å². The lowest BCUT2D eigenvalue weighted by Crippen LogP contribution is -2.65. The number of piperidine rings is 2. The van der Waals surface area contributed by atoms with E-state index in [9.17, 15) is 14.4 Å². The van der Waals surface area contributed by atoms with Crippen molar-refractivity contribution in [3.05, 3.63) is 69.7 Å². The Morgan fingerprint density at radius 2 is 1.75 bits per heavy atom. The minimum Gasteiger partial charge on any atom is -0.354 e. The van der Waals surface area contributed by atoms with Crippen molar-refractivity contribution in [1.82, 2.24) is 20.0 Å². The van der Waals surface area contributed by atoms with Crippen LogP contribution in [0.15, 0.2) is 48.5 Å². The number of likely N-dealkylation sites (N-methyl/N-ethyl adjacent to an activating group) is 2. The number of hydrogen-bond acceptors (Lipinski definition) is 4. The van der Waals surface area contributed by atoms with Crippen LogP contribution in [0.5, 0.6) is 0 Å². The molecular formula is C31H40Cl2N4O3. The predicted molar refractivity (Wildman–Crippen MR) is 160 cm³/mol. The maximum Gasteiger partial charge on any atom is 0.253 e. The molecule has 2 aliphatic rings. The van der Waals surface area contributed by atoms with Crippen molar-refractivity contribution in [2.75, 3.05) is 46.3 Å². The second kappa shape index (κ2) is 13.8. The highest BCUT2D eigenvalue weighted by atomic mass is 35.5. The molecule has 2 fully saturated rings. The zero-order valence-corrected chi connectivity index (χ0v) is 25.0. The molecule has 2 aromatic carbocycles. The first-order valence-electron chi connectivity index (χ1n) is 14.3. The van der Waals surface area contributed by atoms with Gasteiger partial charge in [-0.05, 0) is 75.4 Å². The van der Waals surface area contributed by atoms with Crippen molar-refractivity contribution >= 4 is 40.9 Å². The van der Waals surface area contributed by atoms with Gasteiger partial charge in [0, 0.05) is 57.7 Å². The average Bonchev–Trinajstić information content (AvgIpc) is 2.97. The van der Waals surface area contributed by atoms with Crippen LogP contribution in [0.1, 0.15) is 67.3 Å². The molecule has 0 bridgehead atoms. The summed E-state index contributed by atoms with van der Waals surface area (Å²) in [5.41, 5.74) is 0.924. The van der Waals surface area contributed by atoms with Crippen molar-refractivity contribution in [2.24, 2.45) is 0 Å². The number of likely N-dealkylation sites (tertiary alicyclic amines) is 2. The number of amides is 3. The van der Waals surface area contributed by atoms with Gasteiger partial charge < -0.3 is 20.0 Å². The fourth-order valence-corrected chi connectivity index (χ4v) is 6.34. The Labute approximate surface area is 247 Å². The fourth-order valence-electron chi connectivity index (χ4n) is 6.03. The molecule has 40 heavy (non-hydrogen) atoms. The van der Waals surface area contributed by atoms with Crippen molar-refractivity contribution in [1.29, 1.82) is 0 Å². The first-order valence-corrected chi connectivity index (χ1v) is 15.1. The Morgan fingerprint density at radius 1 is 1.02 bits per heavy atom. The summed E-state index contributed by atoms with van der Waals surface area (Å²) in [6.45, 7) is 5.91. The zero-order chi connectivity index (χ0) is 28.7. The van der Waals surface area contributed by atoms with E-state index in [4.69, 9.17) is 23.2 Å². The van der Waals surface area contributed by atoms with Crippen LogP contribution < -0.4 is 5.32 Å². The molecule has 0 saturated carbocycles. The van der Waals surface area contributed by atoms with E-state index in [-0.39, 0.29) is 23.6 Å². The van der Waals surface area contributed by atoms with Crippen molar-refractivity contribution in [3.8, 4) is 0 Å². The molecule has 216 valence electrons. The lowest BCUT2D eigenvalue weighted by Gasteiger charge is -2.49. The molecule has 0 spiro atoms. The first kappa shape index (κ1) is 30.4. The van der Waals surface area contributed by atoms with Gasteiger partial charge in [0.05, 0.1) is 10.0 Å². The minimum atomic E-state index is -0.768. The summed E-state index contributed by atoms with van der Waals surface area (Å²) in [5.74, 6) is 0.0871.